The van der Waals surface area contributed by atoms with Gasteiger partial charge in [0.05, 0.1) is 7.11 Å². The quantitative estimate of drug-likeness (QED) is 0.633. The first-order valence-electron chi connectivity index (χ1n) is 8.93. The van der Waals surface area contributed by atoms with Crippen molar-refractivity contribution in [3.05, 3.63) is 102 Å². The van der Waals surface area contributed by atoms with Gasteiger partial charge in [-0.3, -0.25) is 14.6 Å². The van der Waals surface area contributed by atoms with E-state index < -0.39 is 5.91 Å². The van der Waals surface area contributed by atoms with Crippen LogP contribution in [-0.2, 0) is 11.3 Å². The van der Waals surface area contributed by atoms with Crippen LogP contribution in [-0.4, -0.2) is 23.9 Å². The number of nitrogens with two attached hydrogens (primary N) is 1. The predicted molar refractivity (Wildman–Crippen MR) is 113 cm³/mol. The molecule has 29 heavy (non-hydrogen) atoms. The number of amides is 2. The maximum absolute atomic E-state index is 11.9. The first-order chi connectivity index (χ1) is 14.1. The summed E-state index contributed by atoms with van der Waals surface area (Å²) in [6.45, 7) is 0.456. The van der Waals surface area contributed by atoms with Crippen LogP contribution in [0.15, 0.2) is 85.2 Å². The number of para-hydroxylation sites is 1. The molecule has 0 atom stereocenters. The molecule has 1 aromatic heterocycles. The molecule has 0 aliphatic heterocycles. The molecule has 0 fully saturated rings. The molecule has 1 heterocycles. The molecule has 0 spiro atoms. The molecule has 0 radical (unpaired) electrons. The molecular weight excluding hydrogens is 366 g/mol. The summed E-state index contributed by atoms with van der Waals surface area (Å²) in [7, 11) is 1.62. The second-order valence-corrected chi connectivity index (χ2v) is 5.88. The van der Waals surface area contributed by atoms with Crippen molar-refractivity contribution in [3.8, 4) is 5.75 Å². The van der Waals surface area contributed by atoms with Crippen LogP contribution in [0.2, 0.25) is 0 Å². The molecule has 148 valence electrons. The molecule has 0 aliphatic rings. The Labute approximate surface area is 170 Å². The molecule has 0 saturated carbocycles. The lowest BCUT2D eigenvalue weighted by molar-refractivity contribution is -0.113. The number of carbonyl (C=O) groups is 2. The lowest BCUT2D eigenvalue weighted by Crippen LogP contribution is -2.22. The van der Waals surface area contributed by atoms with E-state index in [4.69, 9.17) is 10.5 Å². The Morgan fingerprint density at radius 1 is 1.00 bits per heavy atom. The molecular formula is C23H23N3O3. The lowest BCUT2D eigenvalue weighted by Gasteiger charge is -2.09. The molecule has 3 aromatic rings. The average Bonchev–Trinajstić information content (AvgIpc) is 2.78. The van der Waals surface area contributed by atoms with Crippen molar-refractivity contribution in [1.82, 2.24) is 10.3 Å². The summed E-state index contributed by atoms with van der Waals surface area (Å²) in [5.74, 6) is 0.259. The third kappa shape index (κ3) is 7.68. The van der Waals surface area contributed by atoms with E-state index in [9.17, 15) is 9.59 Å². The topological polar surface area (TPSA) is 94.3 Å². The van der Waals surface area contributed by atoms with Gasteiger partial charge in [0.2, 0.25) is 5.91 Å². The summed E-state index contributed by atoms with van der Waals surface area (Å²) in [6, 6.07) is 20.4. The zero-order valence-electron chi connectivity index (χ0n) is 16.1. The monoisotopic (exact) mass is 389 g/mol. The Balaban J connectivity index is 0.000000234. The van der Waals surface area contributed by atoms with Gasteiger partial charge in [-0.05, 0) is 42.0 Å². The van der Waals surface area contributed by atoms with Gasteiger partial charge in [-0.25, -0.2) is 0 Å². The number of hydrogen-bond donors (Lipinski definition) is 2. The molecule has 0 bridgehead atoms. The Hall–Kier alpha value is -3.93. The standard InChI is InChI=1S/C15H15NO2.C8H8N2O/c1-18-14-10-6-5-9-13(14)11-16-15(17)12-7-3-2-4-8-12;9-8(11)2-1-7-3-5-10-6-4-7/h2-10H,11H2,1H3,(H,16,17);1-6H,(H2,9,11)/b;2-1+. The predicted octanol–water partition coefficient (Wildman–Crippen LogP) is 3.21. The SMILES string of the molecule is COc1ccccc1CNC(=O)c1ccccc1.NC(=O)/C=C/c1ccncc1. The normalized spacial score (nSPS) is 9.97. The molecule has 3 rings (SSSR count). The van der Waals surface area contributed by atoms with Crippen molar-refractivity contribution in [2.24, 2.45) is 5.73 Å². The van der Waals surface area contributed by atoms with Crippen molar-refractivity contribution in [2.45, 2.75) is 6.54 Å². The summed E-state index contributed by atoms with van der Waals surface area (Å²) in [5.41, 5.74) is 7.44. The van der Waals surface area contributed by atoms with E-state index in [1.54, 1.807) is 49.8 Å². The summed E-state index contributed by atoms with van der Waals surface area (Å²) in [6.07, 6.45) is 6.26. The molecule has 0 saturated heterocycles. The molecule has 6 heteroatoms. The van der Waals surface area contributed by atoms with E-state index in [0.29, 0.717) is 12.1 Å². The zero-order chi connectivity index (χ0) is 20.9. The number of pyridine rings is 1. The zero-order valence-corrected chi connectivity index (χ0v) is 16.1. The fourth-order valence-electron chi connectivity index (χ4n) is 2.37. The number of aromatic nitrogens is 1. The van der Waals surface area contributed by atoms with Crippen molar-refractivity contribution in [2.75, 3.05) is 7.11 Å². The Bertz CT molecular complexity index is 942. The van der Waals surface area contributed by atoms with Gasteiger partial charge < -0.3 is 15.8 Å². The highest BCUT2D eigenvalue weighted by atomic mass is 16.5. The number of primary amides is 1. The van der Waals surface area contributed by atoms with Gasteiger partial charge in [-0.1, -0.05) is 36.4 Å². The van der Waals surface area contributed by atoms with Crippen LogP contribution in [0.25, 0.3) is 6.08 Å². The second kappa shape index (κ2) is 11.7. The van der Waals surface area contributed by atoms with Crippen molar-refractivity contribution in [3.63, 3.8) is 0 Å². The van der Waals surface area contributed by atoms with Crippen LogP contribution in [0.5, 0.6) is 5.75 Å². The van der Waals surface area contributed by atoms with Gasteiger partial charge in [0.15, 0.2) is 0 Å². The van der Waals surface area contributed by atoms with Crippen LogP contribution in [0, 0.1) is 0 Å². The Morgan fingerprint density at radius 3 is 2.31 bits per heavy atom. The van der Waals surface area contributed by atoms with Gasteiger partial charge in [0.1, 0.15) is 5.75 Å². The van der Waals surface area contributed by atoms with Crippen molar-refractivity contribution < 1.29 is 14.3 Å². The van der Waals surface area contributed by atoms with Crippen LogP contribution in [0.4, 0.5) is 0 Å². The van der Waals surface area contributed by atoms with Crippen LogP contribution in [0.3, 0.4) is 0 Å². The summed E-state index contributed by atoms with van der Waals surface area (Å²) in [4.78, 5) is 26.0. The number of ether oxygens (including phenoxy) is 1. The highest BCUT2D eigenvalue weighted by Gasteiger charge is 2.06. The minimum atomic E-state index is -0.443. The average molecular weight is 389 g/mol. The van der Waals surface area contributed by atoms with Gasteiger partial charge in [0.25, 0.3) is 5.91 Å². The number of rotatable bonds is 6. The third-order valence-electron chi connectivity index (χ3n) is 3.81. The molecule has 3 N–H and O–H groups in total. The first-order valence-corrected chi connectivity index (χ1v) is 8.93. The second-order valence-electron chi connectivity index (χ2n) is 5.88. The van der Waals surface area contributed by atoms with E-state index in [1.165, 1.54) is 6.08 Å². The Morgan fingerprint density at radius 2 is 1.66 bits per heavy atom. The number of nitrogens with one attached hydrogen (secondary N) is 1. The van der Waals surface area contributed by atoms with E-state index in [-0.39, 0.29) is 5.91 Å². The van der Waals surface area contributed by atoms with E-state index in [1.807, 2.05) is 42.5 Å². The molecule has 2 amide bonds. The summed E-state index contributed by atoms with van der Waals surface area (Å²) < 4.78 is 5.23. The van der Waals surface area contributed by atoms with Crippen molar-refractivity contribution >= 4 is 17.9 Å². The maximum atomic E-state index is 11.9. The highest BCUT2D eigenvalue weighted by molar-refractivity contribution is 5.94. The number of carbonyl (C=O) groups excluding carboxylic acids is 2. The van der Waals surface area contributed by atoms with Gasteiger partial charge in [-0.15, -0.1) is 0 Å². The summed E-state index contributed by atoms with van der Waals surface area (Å²) >= 11 is 0. The molecule has 0 unspecified atom stereocenters. The highest BCUT2D eigenvalue weighted by Crippen LogP contribution is 2.16. The number of nitrogens with zero attached hydrogens (tertiary/aromatic N) is 1. The van der Waals surface area contributed by atoms with E-state index >= 15 is 0 Å². The third-order valence-corrected chi connectivity index (χ3v) is 3.81. The maximum Gasteiger partial charge on any atom is 0.251 e. The number of hydrogen-bond acceptors (Lipinski definition) is 4. The minimum Gasteiger partial charge on any atom is -0.496 e. The molecule has 0 aliphatic carbocycles. The Kier molecular flexibility index (Phi) is 8.63. The molecule has 6 nitrogen and oxygen atoms in total. The lowest BCUT2D eigenvalue weighted by atomic mass is 10.2. The summed E-state index contributed by atoms with van der Waals surface area (Å²) in [5, 5.41) is 2.87. The first kappa shape index (κ1) is 21.4. The largest absolute Gasteiger partial charge is 0.496 e. The number of benzene rings is 2. The van der Waals surface area contributed by atoms with Gasteiger partial charge in [0, 0.05) is 36.1 Å². The minimum absolute atomic E-state index is 0.0819. The van der Waals surface area contributed by atoms with Crippen LogP contribution < -0.4 is 15.8 Å². The fraction of sp³-hybridized carbons (Fsp3) is 0.0870. The van der Waals surface area contributed by atoms with Gasteiger partial charge in [-0.2, -0.15) is 0 Å². The fourth-order valence-corrected chi connectivity index (χ4v) is 2.37. The van der Waals surface area contributed by atoms with E-state index in [0.717, 1.165) is 16.9 Å². The van der Waals surface area contributed by atoms with Crippen molar-refractivity contribution in [1.29, 1.82) is 0 Å². The number of methoxy groups -OCH3 is 1. The smallest absolute Gasteiger partial charge is 0.251 e. The van der Waals surface area contributed by atoms with Gasteiger partial charge >= 0.3 is 0 Å². The van der Waals surface area contributed by atoms with Crippen LogP contribution in [0.1, 0.15) is 21.5 Å². The van der Waals surface area contributed by atoms with E-state index in [2.05, 4.69) is 10.3 Å². The molecule has 2 aromatic carbocycles. The van der Waals surface area contributed by atoms with Crippen LogP contribution >= 0.6 is 0 Å².